The lowest BCUT2D eigenvalue weighted by molar-refractivity contribution is -0.275. The Morgan fingerprint density at radius 3 is 2.18 bits per heavy atom. The Hall–Kier alpha value is -3.60. The minimum atomic E-state index is -5.32. The van der Waals surface area contributed by atoms with Gasteiger partial charge in [-0.2, -0.15) is 31.3 Å². The van der Waals surface area contributed by atoms with Gasteiger partial charge in [0.05, 0.1) is 12.3 Å². The second kappa shape index (κ2) is 12.1. The number of aromatic nitrogens is 3. The van der Waals surface area contributed by atoms with Crippen LogP contribution in [0.25, 0.3) is 0 Å². The van der Waals surface area contributed by atoms with Crippen LogP contribution in [0.2, 0.25) is 10.0 Å². The lowest BCUT2D eigenvalue weighted by Gasteiger charge is -2.29. The van der Waals surface area contributed by atoms with Gasteiger partial charge in [0.1, 0.15) is 6.54 Å². The molecule has 1 aliphatic heterocycles. The molecule has 2 heterocycles. The summed E-state index contributed by atoms with van der Waals surface area (Å²) in [6.45, 7) is -1.82. The summed E-state index contributed by atoms with van der Waals surface area (Å²) in [6.07, 6.45) is -17.8. The molecular weight excluding hydrogens is 663 g/mol. The SMILES string of the molecule is Cc1cc(C2=NOC(c3cc(Cl)cc(Cl)c3)(C(F)(F)F)C2)ccc1C(=O)N(CC(F)F)c1nc(C(F)(F)F)n(CC(F)F)n1. The average Bonchev–Trinajstić information content (AvgIpc) is 3.51. The maximum Gasteiger partial charge on any atom is 0.451 e. The number of hydrogen-bond donors (Lipinski definition) is 0. The summed E-state index contributed by atoms with van der Waals surface area (Å²) in [7, 11) is 0. The van der Waals surface area contributed by atoms with Crippen molar-refractivity contribution >= 4 is 40.8 Å². The van der Waals surface area contributed by atoms with Gasteiger partial charge in [0.15, 0.2) is 0 Å². The van der Waals surface area contributed by atoms with Crippen LogP contribution in [0, 0.1) is 6.92 Å². The van der Waals surface area contributed by atoms with E-state index in [1.165, 1.54) is 19.1 Å². The number of carbonyl (C=O) groups is 1. The zero-order valence-corrected chi connectivity index (χ0v) is 23.3. The van der Waals surface area contributed by atoms with Gasteiger partial charge >= 0.3 is 12.4 Å². The molecule has 1 unspecified atom stereocenters. The molecule has 0 N–H and O–H groups in total. The number of hydrogen-bond acceptors (Lipinski definition) is 5. The predicted molar refractivity (Wildman–Crippen MR) is 136 cm³/mol. The predicted octanol–water partition coefficient (Wildman–Crippen LogP) is 7.67. The molecule has 0 aliphatic carbocycles. The van der Waals surface area contributed by atoms with Gasteiger partial charge in [-0.15, -0.1) is 5.10 Å². The maximum absolute atomic E-state index is 14.3. The largest absolute Gasteiger partial charge is 0.451 e. The molecule has 3 aromatic rings. The van der Waals surface area contributed by atoms with Crippen molar-refractivity contribution in [2.45, 2.75) is 50.7 Å². The molecule has 19 heteroatoms. The van der Waals surface area contributed by atoms with E-state index in [-0.39, 0.29) is 42.0 Å². The highest BCUT2D eigenvalue weighted by atomic mass is 35.5. The fraction of sp³-hybridized carbons (Fsp3) is 0.360. The number of benzene rings is 2. The Bertz CT molecular complexity index is 1570. The van der Waals surface area contributed by atoms with Crippen molar-refractivity contribution in [3.63, 3.8) is 0 Å². The first-order chi connectivity index (χ1) is 20.3. The van der Waals surface area contributed by atoms with Gasteiger partial charge < -0.3 is 4.84 Å². The maximum atomic E-state index is 14.3. The van der Waals surface area contributed by atoms with Crippen LogP contribution in [-0.2, 0) is 23.2 Å². The number of rotatable bonds is 8. The van der Waals surface area contributed by atoms with Crippen LogP contribution < -0.4 is 4.90 Å². The van der Waals surface area contributed by atoms with E-state index in [4.69, 9.17) is 28.0 Å². The molecule has 1 aromatic heterocycles. The van der Waals surface area contributed by atoms with Gasteiger partial charge in [-0.25, -0.2) is 22.2 Å². The third-order valence-corrected chi connectivity index (χ3v) is 6.77. The van der Waals surface area contributed by atoms with Crippen molar-refractivity contribution in [3.8, 4) is 0 Å². The number of nitrogens with zero attached hydrogens (tertiary/aromatic N) is 5. The number of aryl methyl sites for hydroxylation is 1. The summed E-state index contributed by atoms with van der Waals surface area (Å²) in [5.74, 6) is -4.49. The third-order valence-electron chi connectivity index (χ3n) is 6.34. The molecule has 0 radical (unpaired) electrons. The molecule has 0 saturated carbocycles. The zero-order valence-electron chi connectivity index (χ0n) is 21.8. The van der Waals surface area contributed by atoms with E-state index in [1.807, 2.05) is 0 Å². The van der Waals surface area contributed by atoms with Crippen molar-refractivity contribution in [1.29, 1.82) is 0 Å². The molecule has 1 atom stereocenters. The van der Waals surface area contributed by atoms with E-state index >= 15 is 0 Å². The van der Waals surface area contributed by atoms with Crippen LogP contribution in [0.5, 0.6) is 0 Å². The first-order valence-corrected chi connectivity index (χ1v) is 12.9. The Kier molecular flexibility index (Phi) is 9.13. The molecule has 0 fully saturated rings. The average molecular weight is 680 g/mol. The molecule has 7 nitrogen and oxygen atoms in total. The highest BCUT2D eigenvalue weighted by Gasteiger charge is 2.62. The summed E-state index contributed by atoms with van der Waals surface area (Å²) in [4.78, 5) is 21.3. The van der Waals surface area contributed by atoms with Crippen molar-refractivity contribution < 1.29 is 53.5 Å². The van der Waals surface area contributed by atoms with Gasteiger partial charge in [-0.05, 0) is 48.4 Å². The van der Waals surface area contributed by atoms with Crippen molar-refractivity contribution in [2.75, 3.05) is 11.4 Å². The number of alkyl halides is 10. The molecule has 2 aromatic carbocycles. The van der Waals surface area contributed by atoms with Crippen LogP contribution in [0.1, 0.15) is 39.3 Å². The zero-order chi connectivity index (χ0) is 32.8. The van der Waals surface area contributed by atoms with Crippen molar-refractivity contribution in [2.24, 2.45) is 5.16 Å². The molecule has 4 rings (SSSR count). The van der Waals surface area contributed by atoms with Crippen LogP contribution in [0.4, 0.5) is 49.9 Å². The molecule has 44 heavy (non-hydrogen) atoms. The molecule has 0 bridgehead atoms. The lowest BCUT2D eigenvalue weighted by Crippen LogP contribution is -2.42. The van der Waals surface area contributed by atoms with Gasteiger partial charge in [0, 0.05) is 27.6 Å². The number of amides is 1. The third kappa shape index (κ3) is 6.72. The Labute approximate surface area is 251 Å². The number of oxime groups is 1. The normalized spacial score (nSPS) is 17.3. The summed E-state index contributed by atoms with van der Waals surface area (Å²) in [5.41, 5.74) is -4.02. The molecular formula is C25H17Cl2F10N5O2. The van der Waals surface area contributed by atoms with Gasteiger partial charge in [-0.1, -0.05) is 34.4 Å². The van der Waals surface area contributed by atoms with Crippen molar-refractivity contribution in [1.82, 2.24) is 14.8 Å². The minimum absolute atomic E-state index is 0.0205. The fourth-order valence-corrected chi connectivity index (χ4v) is 4.91. The highest BCUT2D eigenvalue weighted by Crippen LogP contribution is 2.49. The first-order valence-electron chi connectivity index (χ1n) is 12.1. The van der Waals surface area contributed by atoms with E-state index in [9.17, 15) is 48.7 Å². The summed E-state index contributed by atoms with van der Waals surface area (Å²) >= 11 is 11.8. The van der Waals surface area contributed by atoms with Crippen molar-refractivity contribution in [3.05, 3.63) is 74.5 Å². The van der Waals surface area contributed by atoms with Crippen LogP contribution >= 0.6 is 23.2 Å². The minimum Gasteiger partial charge on any atom is -0.374 e. The summed E-state index contributed by atoms with van der Waals surface area (Å²) in [5, 5.41) is 6.61. The Morgan fingerprint density at radius 2 is 1.66 bits per heavy atom. The van der Waals surface area contributed by atoms with Gasteiger partial charge in [0.25, 0.3) is 30.3 Å². The summed E-state index contributed by atoms with van der Waals surface area (Å²) < 4.78 is 135. The molecule has 238 valence electrons. The van der Waals surface area contributed by atoms with E-state index in [0.29, 0.717) is 0 Å². The van der Waals surface area contributed by atoms with Crippen LogP contribution in [0.3, 0.4) is 0 Å². The standard InChI is InChI=1S/C25H17Cl2F10N5O2/c1-11-4-12(17-8-23(44-40-17,25(35,36)37)13-5-14(26)7-15(27)6-13)2-3-16(11)20(43)41(9-18(28)29)22-38-21(24(32,33)34)42(39-22)10-19(30)31/h2-7,18-19H,8-10H2,1H3. The van der Waals surface area contributed by atoms with E-state index < -0.39 is 73.6 Å². The number of halogens is 12. The second-order valence-corrected chi connectivity index (χ2v) is 10.3. The van der Waals surface area contributed by atoms with Crippen LogP contribution in [-0.4, -0.2) is 52.0 Å². The van der Waals surface area contributed by atoms with E-state index in [0.717, 1.165) is 24.3 Å². The fourth-order valence-electron chi connectivity index (χ4n) is 4.38. The quantitative estimate of drug-likeness (QED) is 0.229. The van der Waals surface area contributed by atoms with Gasteiger partial charge in [-0.3, -0.25) is 9.69 Å². The monoisotopic (exact) mass is 679 g/mol. The first kappa shape index (κ1) is 33.3. The Morgan fingerprint density at radius 1 is 1.02 bits per heavy atom. The number of anilines is 1. The van der Waals surface area contributed by atoms with E-state index in [2.05, 4.69) is 15.2 Å². The topological polar surface area (TPSA) is 72.6 Å². The number of carbonyl (C=O) groups excluding carboxylic acids is 1. The van der Waals surface area contributed by atoms with Crippen LogP contribution in [0.15, 0.2) is 41.6 Å². The van der Waals surface area contributed by atoms with Gasteiger partial charge in [0.2, 0.25) is 5.82 Å². The Balaban J connectivity index is 1.68. The van der Waals surface area contributed by atoms with E-state index in [1.54, 1.807) is 0 Å². The lowest BCUT2D eigenvalue weighted by atomic mass is 9.86. The molecule has 1 amide bonds. The second-order valence-electron chi connectivity index (χ2n) is 9.43. The smallest absolute Gasteiger partial charge is 0.374 e. The molecule has 0 spiro atoms. The highest BCUT2D eigenvalue weighted by molar-refractivity contribution is 6.34. The summed E-state index contributed by atoms with van der Waals surface area (Å²) in [6, 6.07) is 6.53. The molecule has 0 saturated heterocycles. The molecule has 1 aliphatic rings.